The predicted molar refractivity (Wildman–Crippen MR) is 150 cm³/mol. The Morgan fingerprint density at radius 2 is 1.89 bits per heavy atom. The number of nitriles is 1. The molecule has 1 aromatic heterocycles. The summed E-state index contributed by atoms with van der Waals surface area (Å²) in [5, 5.41) is 31.0. The maximum atomic E-state index is 10.3. The van der Waals surface area contributed by atoms with Gasteiger partial charge in [0.2, 0.25) is 0 Å². The van der Waals surface area contributed by atoms with Crippen LogP contribution in [0, 0.1) is 11.3 Å². The Morgan fingerprint density at radius 3 is 2.45 bits per heavy atom. The number of carbonyl (C=O) groups is 1. The first kappa shape index (κ1) is 28.7. The third-order valence-corrected chi connectivity index (χ3v) is 6.32. The zero-order valence-corrected chi connectivity index (χ0v) is 22.1. The monoisotopic (exact) mass is 519 g/mol. The molecule has 9 heteroatoms. The number of nitrogens with two attached hydrogens (primary N) is 1. The number of ether oxygens (including phenoxy) is 1. The first-order valence-electron chi connectivity index (χ1n) is 12.8. The Kier molecular flexibility index (Phi) is 10.3. The predicted octanol–water partition coefficient (Wildman–Crippen LogP) is 3.86. The number of phenols is 1. The summed E-state index contributed by atoms with van der Waals surface area (Å²) in [6, 6.07) is 15.9. The average Bonchev–Trinajstić information content (AvgIpc) is 3.49. The van der Waals surface area contributed by atoms with Crippen molar-refractivity contribution in [3.8, 4) is 28.8 Å². The molecular weight excluding hydrogens is 482 g/mol. The lowest BCUT2D eigenvalue weighted by molar-refractivity contribution is -0.0980. The molecule has 5 rings (SSSR count). The van der Waals surface area contributed by atoms with Crippen molar-refractivity contribution in [2.24, 2.45) is 10.7 Å². The number of aromatic hydroxyl groups is 1. The molecule has 4 N–H and O–H groups in total. The normalized spacial score (nSPS) is 15.2. The van der Waals surface area contributed by atoms with Crippen LogP contribution in [0.3, 0.4) is 0 Å². The lowest BCUT2D eigenvalue weighted by Crippen LogP contribution is -2.33. The number of hydrogen-bond acceptors (Lipinski definition) is 8. The first-order chi connectivity index (χ1) is 18.4. The number of carbonyl (C=O) groups excluding carboxylic acids is 1. The highest BCUT2D eigenvalue weighted by Gasteiger charge is 2.28. The van der Waals surface area contributed by atoms with Gasteiger partial charge in [0.1, 0.15) is 37.1 Å². The topological polar surface area (TPSA) is 137 Å². The van der Waals surface area contributed by atoms with Gasteiger partial charge < -0.3 is 34.9 Å². The fourth-order valence-corrected chi connectivity index (χ4v) is 4.49. The zero-order valence-electron chi connectivity index (χ0n) is 22.1. The van der Waals surface area contributed by atoms with E-state index in [4.69, 9.17) is 15.3 Å². The summed E-state index contributed by atoms with van der Waals surface area (Å²) in [6.07, 6.45) is 4.47. The van der Waals surface area contributed by atoms with E-state index in [-0.39, 0.29) is 12.4 Å². The Hall–Kier alpha value is -3.87. The van der Waals surface area contributed by atoms with Gasteiger partial charge in [0.15, 0.2) is 0 Å². The van der Waals surface area contributed by atoms with Gasteiger partial charge in [0, 0.05) is 30.6 Å². The molecule has 0 saturated heterocycles. The maximum Gasteiger partial charge on any atom is 0.121 e. The summed E-state index contributed by atoms with van der Waals surface area (Å²) < 4.78 is 8.18. The molecule has 0 amide bonds. The molecular formula is C29H37N5O4. The summed E-state index contributed by atoms with van der Waals surface area (Å²) >= 11 is 0. The average molecular weight is 520 g/mol. The summed E-state index contributed by atoms with van der Waals surface area (Å²) in [6.45, 7) is 8.17. The number of phenolic OH excluding ortho intramolecular Hbond substituents is 1. The van der Waals surface area contributed by atoms with E-state index in [0.29, 0.717) is 29.9 Å². The number of aromatic nitrogens is 1. The lowest BCUT2D eigenvalue weighted by atomic mass is 9.92. The molecule has 2 heterocycles. The molecule has 2 aliphatic rings. The molecule has 1 atom stereocenters. The zero-order chi connectivity index (χ0) is 27.7. The third kappa shape index (κ3) is 6.91. The second kappa shape index (κ2) is 13.6. The minimum absolute atomic E-state index is 0.190. The third-order valence-electron chi connectivity index (χ3n) is 6.32. The second-order valence-corrected chi connectivity index (χ2v) is 9.74. The van der Waals surface area contributed by atoms with Gasteiger partial charge in [-0.1, -0.05) is 13.8 Å². The van der Waals surface area contributed by atoms with E-state index in [1.54, 1.807) is 18.5 Å². The fraction of sp³-hybridized carbons (Fsp3) is 0.414. The first-order valence-corrected chi connectivity index (χ1v) is 12.8. The molecule has 1 aliphatic carbocycles. The summed E-state index contributed by atoms with van der Waals surface area (Å²) in [5.74, 6) is 0.875. The molecule has 0 spiro atoms. The molecule has 0 radical (unpaired) electrons. The van der Waals surface area contributed by atoms with E-state index in [9.17, 15) is 15.5 Å². The van der Waals surface area contributed by atoms with Crippen LogP contribution in [0.4, 0.5) is 0 Å². The van der Waals surface area contributed by atoms with Gasteiger partial charge in [-0.05, 0) is 67.3 Å². The van der Waals surface area contributed by atoms with Crippen molar-refractivity contribution in [1.82, 2.24) is 9.47 Å². The standard InChI is InChI=1S/C25H26N4O3.C3H9N.CH2O/c26-13-23-22-9-8-21(32-15-20(31)14-28-11-10-27-16-28)12-24(22)29(18-2-1-3-18)25(23)17-4-6-19(30)7-5-17;1-3(2)4;1-2/h4-9,12,16,18,20,30-31H,1-3,10-11,14-15H2;3H,4H2,1-2H3;1H2. The van der Waals surface area contributed by atoms with E-state index in [1.807, 2.05) is 55.9 Å². The molecule has 3 aromatic rings. The van der Waals surface area contributed by atoms with Gasteiger partial charge in [-0.25, -0.2) is 0 Å². The molecule has 1 aliphatic heterocycles. The van der Waals surface area contributed by atoms with Crippen LogP contribution >= 0.6 is 0 Å². The van der Waals surface area contributed by atoms with Crippen LogP contribution in [-0.2, 0) is 4.79 Å². The summed E-state index contributed by atoms with van der Waals surface area (Å²) in [7, 11) is 0. The van der Waals surface area contributed by atoms with Gasteiger partial charge in [0.05, 0.1) is 29.7 Å². The number of hydrogen-bond donors (Lipinski definition) is 3. The highest BCUT2D eigenvalue weighted by atomic mass is 16.5. The van der Waals surface area contributed by atoms with Crippen molar-refractivity contribution < 1.29 is 19.7 Å². The molecule has 38 heavy (non-hydrogen) atoms. The molecule has 202 valence electrons. The molecule has 9 nitrogen and oxygen atoms in total. The Balaban J connectivity index is 0.000000612. The van der Waals surface area contributed by atoms with Crippen LogP contribution in [-0.4, -0.2) is 71.2 Å². The van der Waals surface area contributed by atoms with Crippen LogP contribution < -0.4 is 10.5 Å². The minimum atomic E-state index is -0.615. The molecule has 1 fully saturated rings. The smallest absolute Gasteiger partial charge is 0.121 e. The van der Waals surface area contributed by atoms with Crippen LogP contribution in [0.5, 0.6) is 11.5 Å². The van der Waals surface area contributed by atoms with Crippen molar-refractivity contribution >= 4 is 24.0 Å². The van der Waals surface area contributed by atoms with E-state index in [1.165, 1.54) is 6.42 Å². The largest absolute Gasteiger partial charge is 0.508 e. The summed E-state index contributed by atoms with van der Waals surface area (Å²) in [5.41, 5.74) is 8.51. The van der Waals surface area contributed by atoms with Crippen molar-refractivity contribution in [2.45, 2.75) is 51.3 Å². The highest BCUT2D eigenvalue weighted by molar-refractivity contribution is 5.95. The van der Waals surface area contributed by atoms with Gasteiger partial charge in [-0.15, -0.1) is 0 Å². The van der Waals surface area contributed by atoms with Crippen LogP contribution in [0.2, 0.25) is 0 Å². The number of aliphatic hydroxyl groups is 1. The maximum absolute atomic E-state index is 10.3. The van der Waals surface area contributed by atoms with E-state index >= 15 is 0 Å². The molecule has 0 bridgehead atoms. The van der Waals surface area contributed by atoms with Crippen LogP contribution in [0.15, 0.2) is 47.5 Å². The molecule has 1 unspecified atom stereocenters. The highest BCUT2D eigenvalue weighted by Crippen LogP contribution is 2.43. The van der Waals surface area contributed by atoms with Crippen LogP contribution in [0.25, 0.3) is 22.2 Å². The molecule has 2 aromatic carbocycles. The van der Waals surface area contributed by atoms with Gasteiger partial charge >= 0.3 is 0 Å². The van der Waals surface area contributed by atoms with Gasteiger partial charge in [-0.3, -0.25) is 4.99 Å². The fourth-order valence-electron chi connectivity index (χ4n) is 4.49. The van der Waals surface area contributed by atoms with E-state index in [0.717, 1.165) is 48.1 Å². The Bertz CT molecular complexity index is 1260. The van der Waals surface area contributed by atoms with Crippen molar-refractivity contribution in [3.63, 3.8) is 0 Å². The number of β-amino-alcohol motifs (C(OH)–C–C–N with tert-alkyl or cyclic N) is 1. The van der Waals surface area contributed by atoms with Gasteiger partial charge in [0.25, 0.3) is 0 Å². The lowest BCUT2D eigenvalue weighted by Gasteiger charge is -2.30. The minimum Gasteiger partial charge on any atom is -0.508 e. The quantitative estimate of drug-likeness (QED) is 0.431. The SMILES string of the molecule is C=O.CC(C)N.N#Cc1c(-c2ccc(O)cc2)n(C2CCC2)c2cc(OCC(O)CN3C=NCC3)ccc12. The number of aliphatic hydroxyl groups excluding tert-OH is 1. The van der Waals surface area contributed by atoms with Crippen molar-refractivity contribution in [2.75, 3.05) is 26.2 Å². The Labute approximate surface area is 223 Å². The number of benzene rings is 2. The Morgan fingerprint density at radius 1 is 1.21 bits per heavy atom. The van der Waals surface area contributed by atoms with Crippen molar-refractivity contribution in [1.29, 1.82) is 5.26 Å². The number of fused-ring (bicyclic) bond motifs is 1. The van der Waals surface area contributed by atoms with Gasteiger partial charge in [-0.2, -0.15) is 5.26 Å². The van der Waals surface area contributed by atoms with E-state index < -0.39 is 6.10 Å². The van der Waals surface area contributed by atoms with E-state index in [2.05, 4.69) is 15.6 Å². The second-order valence-electron chi connectivity index (χ2n) is 9.74. The van der Waals surface area contributed by atoms with Crippen molar-refractivity contribution in [3.05, 3.63) is 48.0 Å². The molecule has 1 saturated carbocycles. The van der Waals surface area contributed by atoms with Crippen LogP contribution in [0.1, 0.15) is 44.7 Å². The number of aliphatic imine (C=N–C) groups is 1. The number of rotatable bonds is 7. The number of nitrogens with zero attached hydrogens (tertiary/aromatic N) is 4. The summed E-state index contributed by atoms with van der Waals surface area (Å²) in [4.78, 5) is 14.2.